The van der Waals surface area contributed by atoms with Gasteiger partial charge in [0.15, 0.2) is 0 Å². The summed E-state index contributed by atoms with van der Waals surface area (Å²) < 4.78 is 14.2. The average molecular weight is 387 g/mol. The van der Waals surface area contributed by atoms with Crippen molar-refractivity contribution >= 4 is 43.5 Å². The molecule has 1 N–H and O–H groups in total. The van der Waals surface area contributed by atoms with E-state index in [0.29, 0.717) is 15.7 Å². The smallest absolute Gasteiger partial charge is 0.256 e. The lowest BCUT2D eigenvalue weighted by molar-refractivity contribution is 0.102. The molecule has 0 saturated carbocycles. The van der Waals surface area contributed by atoms with Crippen molar-refractivity contribution in [3.63, 3.8) is 0 Å². The first-order valence-electron chi connectivity index (χ1n) is 5.50. The molecule has 2 nitrogen and oxygen atoms in total. The van der Waals surface area contributed by atoms with Crippen molar-refractivity contribution < 1.29 is 9.18 Å². The number of amides is 1. The number of benzene rings is 2. The zero-order valence-corrected chi connectivity index (χ0v) is 13.2. The maximum atomic E-state index is 13.0. The maximum absolute atomic E-state index is 13.0. The van der Waals surface area contributed by atoms with Gasteiger partial charge in [-0.15, -0.1) is 0 Å². The van der Waals surface area contributed by atoms with E-state index in [1.165, 1.54) is 18.2 Å². The van der Waals surface area contributed by atoms with E-state index in [0.717, 1.165) is 10.0 Å². The van der Waals surface area contributed by atoms with Crippen LogP contribution in [-0.4, -0.2) is 5.91 Å². The van der Waals surface area contributed by atoms with E-state index in [1.807, 2.05) is 19.1 Å². The van der Waals surface area contributed by atoms with Crippen LogP contribution in [0.15, 0.2) is 45.3 Å². The zero-order chi connectivity index (χ0) is 14.0. The van der Waals surface area contributed by atoms with Crippen molar-refractivity contribution in [2.45, 2.75) is 6.92 Å². The minimum absolute atomic E-state index is 0.293. The Hall–Kier alpha value is -1.20. The number of anilines is 1. The topological polar surface area (TPSA) is 29.1 Å². The van der Waals surface area contributed by atoms with Crippen LogP contribution in [0, 0.1) is 12.7 Å². The molecular formula is C14H10Br2FNO. The van der Waals surface area contributed by atoms with Gasteiger partial charge in [0, 0.05) is 8.95 Å². The maximum Gasteiger partial charge on any atom is 0.256 e. The van der Waals surface area contributed by atoms with Crippen molar-refractivity contribution in [3.8, 4) is 0 Å². The first-order chi connectivity index (χ1) is 8.99. The molecule has 0 radical (unpaired) electrons. The van der Waals surface area contributed by atoms with E-state index in [-0.39, 0.29) is 11.7 Å². The van der Waals surface area contributed by atoms with E-state index in [9.17, 15) is 9.18 Å². The first kappa shape index (κ1) is 14.2. The second kappa shape index (κ2) is 5.84. The third-order valence-corrected chi connectivity index (χ3v) is 4.32. The third kappa shape index (κ3) is 3.22. The van der Waals surface area contributed by atoms with E-state index in [1.54, 1.807) is 6.07 Å². The van der Waals surface area contributed by atoms with Crippen LogP contribution in [-0.2, 0) is 0 Å². The molecule has 98 valence electrons. The predicted octanol–water partition coefficient (Wildman–Crippen LogP) is 4.91. The lowest BCUT2D eigenvalue weighted by atomic mass is 10.2. The summed E-state index contributed by atoms with van der Waals surface area (Å²) in [7, 11) is 0. The van der Waals surface area contributed by atoms with Gasteiger partial charge in [-0.2, -0.15) is 0 Å². The molecule has 2 aromatic carbocycles. The van der Waals surface area contributed by atoms with Crippen LogP contribution in [0.2, 0.25) is 0 Å². The lowest BCUT2D eigenvalue weighted by Crippen LogP contribution is -2.13. The summed E-state index contributed by atoms with van der Waals surface area (Å²) in [4.78, 5) is 12.1. The molecule has 0 aliphatic heterocycles. The van der Waals surface area contributed by atoms with Gasteiger partial charge in [-0.05, 0) is 68.6 Å². The van der Waals surface area contributed by atoms with Crippen molar-refractivity contribution in [3.05, 3.63) is 62.3 Å². The number of carbonyl (C=O) groups is 1. The molecule has 0 bridgehead atoms. The van der Waals surface area contributed by atoms with Crippen LogP contribution in [0.3, 0.4) is 0 Å². The Balaban J connectivity index is 2.28. The fourth-order valence-electron chi connectivity index (χ4n) is 1.61. The summed E-state index contributed by atoms with van der Waals surface area (Å²) in [5, 5.41) is 2.79. The fourth-order valence-corrected chi connectivity index (χ4v) is 2.50. The molecule has 0 spiro atoms. The molecule has 0 atom stereocenters. The van der Waals surface area contributed by atoms with Crippen LogP contribution >= 0.6 is 31.9 Å². The molecule has 19 heavy (non-hydrogen) atoms. The van der Waals surface area contributed by atoms with Gasteiger partial charge in [0.1, 0.15) is 5.82 Å². The molecular weight excluding hydrogens is 377 g/mol. The molecule has 2 rings (SSSR count). The largest absolute Gasteiger partial charge is 0.321 e. The number of hydrogen-bond donors (Lipinski definition) is 1. The minimum atomic E-state index is -0.389. The van der Waals surface area contributed by atoms with Crippen LogP contribution < -0.4 is 5.32 Å². The highest BCUT2D eigenvalue weighted by Gasteiger charge is 2.12. The van der Waals surface area contributed by atoms with Gasteiger partial charge >= 0.3 is 0 Å². The summed E-state index contributed by atoms with van der Waals surface area (Å²) in [5.41, 5.74) is 2.09. The van der Waals surface area contributed by atoms with E-state index < -0.39 is 0 Å². The Labute approximate surface area is 127 Å². The summed E-state index contributed by atoms with van der Waals surface area (Å²) in [5.74, 6) is -0.682. The molecule has 0 aliphatic carbocycles. The standard InChI is InChI=1S/C14H10Br2FNO/c1-8-3-2-4-12(13(8)16)18-14(19)10-6-5-9(17)7-11(10)15/h2-7H,1H3,(H,18,19). The Morgan fingerprint density at radius 1 is 1.21 bits per heavy atom. The fraction of sp³-hybridized carbons (Fsp3) is 0.0714. The number of aryl methyl sites for hydroxylation is 1. The van der Waals surface area contributed by atoms with Crippen LogP contribution in [0.1, 0.15) is 15.9 Å². The molecule has 0 heterocycles. The van der Waals surface area contributed by atoms with Crippen molar-refractivity contribution in [2.24, 2.45) is 0 Å². The molecule has 0 fully saturated rings. The highest BCUT2D eigenvalue weighted by Crippen LogP contribution is 2.27. The average Bonchev–Trinajstić information content (AvgIpc) is 2.34. The van der Waals surface area contributed by atoms with Gasteiger partial charge in [0.2, 0.25) is 0 Å². The molecule has 0 aromatic heterocycles. The normalized spacial score (nSPS) is 10.3. The van der Waals surface area contributed by atoms with Crippen molar-refractivity contribution in [1.29, 1.82) is 0 Å². The molecule has 5 heteroatoms. The molecule has 0 aliphatic rings. The van der Waals surface area contributed by atoms with Gasteiger partial charge in [-0.3, -0.25) is 4.79 Å². The van der Waals surface area contributed by atoms with Gasteiger partial charge in [0.25, 0.3) is 5.91 Å². The Kier molecular flexibility index (Phi) is 4.37. The summed E-state index contributed by atoms with van der Waals surface area (Å²) >= 11 is 6.61. The summed E-state index contributed by atoms with van der Waals surface area (Å²) in [6, 6.07) is 9.55. The lowest BCUT2D eigenvalue weighted by Gasteiger charge is -2.10. The number of hydrogen-bond acceptors (Lipinski definition) is 1. The Bertz CT molecular complexity index is 643. The highest BCUT2D eigenvalue weighted by molar-refractivity contribution is 9.11. The van der Waals surface area contributed by atoms with Crippen LogP contribution in [0.25, 0.3) is 0 Å². The monoisotopic (exact) mass is 385 g/mol. The van der Waals surface area contributed by atoms with Gasteiger partial charge in [-0.1, -0.05) is 12.1 Å². The van der Waals surface area contributed by atoms with Crippen LogP contribution in [0.4, 0.5) is 10.1 Å². The quantitative estimate of drug-likeness (QED) is 0.780. The Morgan fingerprint density at radius 3 is 2.63 bits per heavy atom. The van der Waals surface area contributed by atoms with Gasteiger partial charge < -0.3 is 5.32 Å². The predicted molar refractivity (Wildman–Crippen MR) is 80.9 cm³/mol. The first-order valence-corrected chi connectivity index (χ1v) is 7.09. The van der Waals surface area contributed by atoms with E-state index in [4.69, 9.17) is 0 Å². The highest BCUT2D eigenvalue weighted by atomic mass is 79.9. The second-order valence-corrected chi connectivity index (χ2v) is 5.66. The number of nitrogens with one attached hydrogen (secondary N) is 1. The SMILES string of the molecule is Cc1cccc(NC(=O)c2ccc(F)cc2Br)c1Br. The summed E-state index contributed by atoms with van der Waals surface area (Å²) in [6.45, 7) is 1.94. The number of carbonyl (C=O) groups excluding carboxylic acids is 1. The second-order valence-electron chi connectivity index (χ2n) is 4.01. The molecule has 2 aromatic rings. The minimum Gasteiger partial charge on any atom is -0.321 e. The third-order valence-electron chi connectivity index (χ3n) is 2.62. The number of rotatable bonds is 2. The van der Waals surface area contributed by atoms with E-state index in [2.05, 4.69) is 37.2 Å². The van der Waals surface area contributed by atoms with E-state index >= 15 is 0 Å². The summed E-state index contributed by atoms with van der Waals surface area (Å²) in [6.07, 6.45) is 0. The Morgan fingerprint density at radius 2 is 1.95 bits per heavy atom. The van der Waals surface area contributed by atoms with Crippen molar-refractivity contribution in [2.75, 3.05) is 5.32 Å². The van der Waals surface area contributed by atoms with Gasteiger partial charge in [-0.25, -0.2) is 4.39 Å². The molecule has 1 amide bonds. The molecule has 0 unspecified atom stereocenters. The molecule has 0 saturated heterocycles. The zero-order valence-electron chi connectivity index (χ0n) is 10.0. The van der Waals surface area contributed by atoms with Gasteiger partial charge in [0.05, 0.1) is 11.3 Å². The van der Waals surface area contributed by atoms with Crippen LogP contribution in [0.5, 0.6) is 0 Å². The van der Waals surface area contributed by atoms with Crippen molar-refractivity contribution in [1.82, 2.24) is 0 Å². The number of halogens is 3.